The highest BCUT2D eigenvalue weighted by molar-refractivity contribution is 5.86. The fraction of sp³-hybridized carbons (Fsp3) is 0.500. The summed E-state index contributed by atoms with van der Waals surface area (Å²) in [5.74, 6) is -0.189. The van der Waals surface area contributed by atoms with Crippen molar-refractivity contribution in [3.05, 3.63) is 11.8 Å². The lowest BCUT2D eigenvalue weighted by Crippen LogP contribution is -2.18. The van der Waals surface area contributed by atoms with Crippen molar-refractivity contribution in [1.29, 1.82) is 0 Å². The first-order valence-electron chi connectivity index (χ1n) is 4.04. The molecule has 0 spiro atoms. The van der Waals surface area contributed by atoms with Crippen LogP contribution in [-0.4, -0.2) is 34.4 Å². The molecule has 13 heavy (non-hydrogen) atoms. The molecular weight excluding hydrogens is 170 g/mol. The molecule has 0 fully saturated rings. The van der Waals surface area contributed by atoms with Gasteiger partial charge in [0.25, 0.3) is 0 Å². The van der Waals surface area contributed by atoms with Gasteiger partial charge >= 0.3 is 5.97 Å². The molecule has 1 rings (SSSR count). The Morgan fingerprint density at radius 2 is 2.38 bits per heavy atom. The van der Waals surface area contributed by atoms with Crippen molar-refractivity contribution in [2.45, 2.75) is 6.92 Å². The Kier molecular flexibility index (Phi) is 2.55. The monoisotopic (exact) mass is 183 g/mol. The van der Waals surface area contributed by atoms with Crippen molar-refractivity contribution in [2.24, 2.45) is 7.05 Å². The molecule has 0 aliphatic heterocycles. The summed E-state index contributed by atoms with van der Waals surface area (Å²) in [5.41, 5.74) is 0.0813. The molecule has 0 aliphatic rings. The molecule has 1 N–H and O–H groups in total. The fourth-order valence-electron chi connectivity index (χ4n) is 1.08. The summed E-state index contributed by atoms with van der Waals surface area (Å²) in [6, 6.07) is 1.56. The molecule has 0 unspecified atom stereocenters. The summed E-state index contributed by atoms with van der Waals surface area (Å²) in [5, 5.41) is 12.5. The van der Waals surface area contributed by atoms with Gasteiger partial charge in [-0.05, 0) is 6.92 Å². The Morgan fingerprint density at radius 3 is 2.77 bits per heavy atom. The molecule has 5 nitrogen and oxygen atoms in total. The lowest BCUT2D eigenvalue weighted by atomic mass is 10.4. The van der Waals surface area contributed by atoms with Gasteiger partial charge in [-0.15, -0.1) is 0 Å². The highest BCUT2D eigenvalue weighted by Gasteiger charge is 2.12. The van der Waals surface area contributed by atoms with Crippen LogP contribution in [0.3, 0.4) is 0 Å². The number of carbonyl (C=O) groups is 1. The predicted octanol–water partition coefficient (Wildman–Crippen LogP) is 0.574. The third-order valence-electron chi connectivity index (χ3n) is 1.94. The van der Waals surface area contributed by atoms with Crippen LogP contribution in [0.15, 0.2) is 6.07 Å². The molecule has 0 amide bonds. The molecule has 1 aromatic heterocycles. The topological polar surface area (TPSA) is 58.4 Å². The number of hydrogen-bond acceptors (Lipinski definition) is 3. The number of aryl methyl sites for hydroxylation is 1. The van der Waals surface area contributed by atoms with Gasteiger partial charge in [0, 0.05) is 26.7 Å². The Morgan fingerprint density at radius 1 is 1.77 bits per heavy atom. The van der Waals surface area contributed by atoms with E-state index < -0.39 is 5.97 Å². The molecule has 0 radical (unpaired) electrons. The summed E-state index contributed by atoms with van der Waals surface area (Å²) in [4.78, 5) is 12.5. The maximum Gasteiger partial charge on any atom is 0.356 e. The molecule has 0 atom stereocenters. The lowest BCUT2D eigenvalue weighted by molar-refractivity contribution is 0.0689. The van der Waals surface area contributed by atoms with E-state index in [0.29, 0.717) is 0 Å². The van der Waals surface area contributed by atoms with Crippen LogP contribution in [0, 0.1) is 0 Å². The number of aromatic nitrogens is 2. The summed E-state index contributed by atoms with van der Waals surface area (Å²) < 4.78 is 1.56. The zero-order valence-electron chi connectivity index (χ0n) is 7.98. The van der Waals surface area contributed by atoms with E-state index in [1.165, 1.54) is 0 Å². The minimum Gasteiger partial charge on any atom is -0.476 e. The van der Waals surface area contributed by atoms with E-state index in [9.17, 15) is 4.79 Å². The van der Waals surface area contributed by atoms with Crippen molar-refractivity contribution >= 4 is 11.8 Å². The molecule has 5 heteroatoms. The zero-order valence-corrected chi connectivity index (χ0v) is 7.98. The molecule has 0 bridgehead atoms. The minimum atomic E-state index is -0.994. The largest absolute Gasteiger partial charge is 0.476 e. The van der Waals surface area contributed by atoms with Crippen LogP contribution in [0.4, 0.5) is 5.82 Å². The number of carboxylic acid groups (broad SMARTS) is 1. The van der Waals surface area contributed by atoms with E-state index >= 15 is 0 Å². The molecule has 0 aromatic carbocycles. The minimum absolute atomic E-state index is 0.0813. The van der Waals surface area contributed by atoms with E-state index in [-0.39, 0.29) is 5.69 Å². The van der Waals surface area contributed by atoms with Crippen molar-refractivity contribution in [1.82, 2.24) is 9.78 Å². The Balaban J connectivity index is 3.02. The van der Waals surface area contributed by atoms with E-state index in [4.69, 9.17) is 5.11 Å². The molecule has 1 heterocycles. The molecule has 1 aromatic rings. The number of rotatable bonds is 3. The first kappa shape index (κ1) is 9.57. The quantitative estimate of drug-likeness (QED) is 0.744. The second kappa shape index (κ2) is 3.47. The second-order valence-corrected chi connectivity index (χ2v) is 2.83. The van der Waals surface area contributed by atoms with Crippen LogP contribution in [0.2, 0.25) is 0 Å². The van der Waals surface area contributed by atoms with Gasteiger partial charge in [-0.25, -0.2) is 4.79 Å². The van der Waals surface area contributed by atoms with Gasteiger partial charge in [-0.1, -0.05) is 0 Å². The predicted molar refractivity (Wildman–Crippen MR) is 49.1 cm³/mol. The SMILES string of the molecule is CCN(C)c1cc(C(=O)O)nn1C. The van der Waals surface area contributed by atoms with Crippen molar-refractivity contribution in [2.75, 3.05) is 18.5 Å². The standard InChI is InChI=1S/C8H13N3O2/c1-4-10(2)7-5-6(8(12)13)9-11(7)3/h5H,4H2,1-3H3,(H,12,13). The number of hydrogen-bond donors (Lipinski definition) is 1. The third-order valence-corrected chi connectivity index (χ3v) is 1.94. The second-order valence-electron chi connectivity index (χ2n) is 2.83. The Hall–Kier alpha value is -1.52. The van der Waals surface area contributed by atoms with E-state index in [1.54, 1.807) is 17.8 Å². The van der Waals surface area contributed by atoms with E-state index in [1.807, 2.05) is 18.9 Å². The lowest BCUT2D eigenvalue weighted by Gasteiger charge is -2.15. The van der Waals surface area contributed by atoms with E-state index in [0.717, 1.165) is 12.4 Å². The summed E-state index contributed by atoms with van der Waals surface area (Å²) in [6.45, 7) is 2.81. The van der Waals surface area contributed by atoms with Gasteiger partial charge in [-0.2, -0.15) is 5.10 Å². The van der Waals surface area contributed by atoms with Gasteiger partial charge in [0.15, 0.2) is 5.69 Å². The van der Waals surface area contributed by atoms with Crippen LogP contribution in [0.5, 0.6) is 0 Å². The van der Waals surface area contributed by atoms with Crippen LogP contribution < -0.4 is 4.90 Å². The van der Waals surface area contributed by atoms with Crippen LogP contribution in [0.1, 0.15) is 17.4 Å². The smallest absolute Gasteiger partial charge is 0.356 e. The molecule has 72 valence electrons. The molecule has 0 saturated heterocycles. The van der Waals surface area contributed by atoms with Crippen molar-refractivity contribution < 1.29 is 9.90 Å². The average molecular weight is 183 g/mol. The van der Waals surface area contributed by atoms with Gasteiger partial charge in [0.2, 0.25) is 0 Å². The van der Waals surface area contributed by atoms with Gasteiger partial charge < -0.3 is 10.0 Å². The van der Waals surface area contributed by atoms with Crippen LogP contribution in [-0.2, 0) is 7.05 Å². The average Bonchev–Trinajstić information content (AvgIpc) is 2.46. The third kappa shape index (κ3) is 1.80. The van der Waals surface area contributed by atoms with Crippen LogP contribution >= 0.6 is 0 Å². The van der Waals surface area contributed by atoms with E-state index in [2.05, 4.69) is 5.10 Å². The number of aromatic carboxylic acids is 1. The van der Waals surface area contributed by atoms with Gasteiger partial charge in [0.1, 0.15) is 5.82 Å². The molecule has 0 aliphatic carbocycles. The fourth-order valence-corrected chi connectivity index (χ4v) is 1.08. The normalized spacial score (nSPS) is 10.1. The van der Waals surface area contributed by atoms with Crippen molar-refractivity contribution in [3.63, 3.8) is 0 Å². The first-order chi connectivity index (χ1) is 6.06. The summed E-state index contributed by atoms with van der Waals surface area (Å²) in [7, 11) is 3.62. The summed E-state index contributed by atoms with van der Waals surface area (Å²) >= 11 is 0. The Labute approximate surface area is 76.6 Å². The number of carboxylic acids is 1. The van der Waals surface area contributed by atoms with Crippen molar-refractivity contribution in [3.8, 4) is 0 Å². The van der Waals surface area contributed by atoms with Crippen LogP contribution in [0.25, 0.3) is 0 Å². The zero-order chi connectivity index (χ0) is 10.0. The highest BCUT2D eigenvalue weighted by Crippen LogP contribution is 2.12. The Bertz CT molecular complexity index is 319. The number of anilines is 1. The number of nitrogens with zero attached hydrogens (tertiary/aromatic N) is 3. The highest BCUT2D eigenvalue weighted by atomic mass is 16.4. The maximum absolute atomic E-state index is 10.6. The first-order valence-corrected chi connectivity index (χ1v) is 4.04. The van der Waals surface area contributed by atoms with Gasteiger partial charge in [0.05, 0.1) is 0 Å². The summed E-state index contributed by atoms with van der Waals surface area (Å²) in [6.07, 6.45) is 0. The molecular formula is C8H13N3O2. The van der Waals surface area contributed by atoms with Gasteiger partial charge in [-0.3, -0.25) is 4.68 Å². The maximum atomic E-state index is 10.6. The molecule has 0 saturated carbocycles.